The fourth-order valence-electron chi connectivity index (χ4n) is 2.92. The number of aliphatic hydroxyl groups excluding tert-OH is 1. The molecule has 0 aromatic heterocycles. The Bertz CT molecular complexity index is 524. The van der Waals surface area contributed by atoms with E-state index in [1.807, 2.05) is 0 Å². The molecule has 2 N–H and O–H groups in total. The molecule has 0 aliphatic heterocycles. The molecule has 4 atom stereocenters. The van der Waals surface area contributed by atoms with Crippen LogP contribution in [0.5, 0.6) is 0 Å². The van der Waals surface area contributed by atoms with Crippen molar-refractivity contribution in [2.24, 2.45) is 0 Å². The van der Waals surface area contributed by atoms with E-state index >= 15 is 0 Å². The largest absolute Gasteiger partial charge is 0.467 e. The molecule has 1 aliphatic carbocycles. The lowest BCUT2D eigenvalue weighted by atomic mass is 9.80. The molecule has 6 nitrogen and oxygen atoms in total. The van der Waals surface area contributed by atoms with Crippen LogP contribution in [0.4, 0.5) is 0 Å². The van der Waals surface area contributed by atoms with Crippen LogP contribution in [0.2, 0.25) is 36.3 Å². The van der Waals surface area contributed by atoms with Gasteiger partial charge >= 0.3 is 5.97 Å². The molecule has 1 aliphatic rings. The van der Waals surface area contributed by atoms with Gasteiger partial charge in [0.2, 0.25) is 0 Å². The van der Waals surface area contributed by atoms with E-state index in [2.05, 4.69) is 67.7 Å². The van der Waals surface area contributed by atoms with Gasteiger partial charge in [0.05, 0.1) is 19.3 Å². The third-order valence-electron chi connectivity index (χ3n) is 6.91. The molecule has 0 saturated heterocycles. The van der Waals surface area contributed by atoms with Crippen LogP contribution in [0.1, 0.15) is 54.4 Å². The van der Waals surface area contributed by atoms with Gasteiger partial charge in [-0.1, -0.05) is 41.5 Å². The fraction of sp³-hybridized carbons (Fsp3) is 0.950. The van der Waals surface area contributed by atoms with Gasteiger partial charge in [-0.3, -0.25) is 0 Å². The summed E-state index contributed by atoms with van der Waals surface area (Å²) in [6.45, 7) is 21.1. The van der Waals surface area contributed by atoms with Crippen molar-refractivity contribution in [1.29, 1.82) is 0 Å². The number of methoxy groups -OCH3 is 1. The number of carbonyl (C=O) groups excluding carboxylic acids is 1. The SMILES string of the molecule is COC(=O)C1(O)C[C@H](O[Si](C)(C)C(C)(C)C)C(O)[C@H](O[Si](C)(C)C(C)(C)C)C1. The molecule has 0 amide bonds. The summed E-state index contributed by atoms with van der Waals surface area (Å²) in [7, 11) is -3.21. The number of hydrogen-bond acceptors (Lipinski definition) is 6. The highest BCUT2D eigenvalue weighted by Gasteiger charge is 2.55. The average molecular weight is 435 g/mol. The zero-order valence-electron chi connectivity index (χ0n) is 19.7. The van der Waals surface area contributed by atoms with Crippen molar-refractivity contribution >= 4 is 22.6 Å². The first-order valence-corrected chi connectivity index (χ1v) is 15.9. The van der Waals surface area contributed by atoms with Crippen LogP contribution in [-0.2, 0) is 18.4 Å². The van der Waals surface area contributed by atoms with Crippen molar-refractivity contribution in [3.05, 3.63) is 0 Å². The van der Waals surface area contributed by atoms with E-state index in [1.54, 1.807) is 0 Å². The molecule has 8 heteroatoms. The Morgan fingerprint density at radius 2 is 1.21 bits per heavy atom. The zero-order chi connectivity index (χ0) is 22.3. The molecule has 0 aromatic carbocycles. The molecule has 0 heterocycles. The van der Waals surface area contributed by atoms with Gasteiger partial charge in [-0.2, -0.15) is 0 Å². The molecule has 28 heavy (non-hydrogen) atoms. The van der Waals surface area contributed by atoms with Crippen LogP contribution in [0.25, 0.3) is 0 Å². The van der Waals surface area contributed by atoms with Crippen molar-refractivity contribution in [3.8, 4) is 0 Å². The minimum absolute atomic E-state index is 0.00467. The van der Waals surface area contributed by atoms with Crippen molar-refractivity contribution in [3.63, 3.8) is 0 Å². The number of rotatable bonds is 5. The first-order chi connectivity index (χ1) is 12.3. The zero-order valence-corrected chi connectivity index (χ0v) is 21.7. The maximum absolute atomic E-state index is 12.4. The van der Waals surface area contributed by atoms with Gasteiger partial charge in [-0.25, -0.2) is 4.79 Å². The smallest absolute Gasteiger partial charge is 0.338 e. The molecular formula is C20H42O6Si2. The molecule has 0 aromatic rings. The average Bonchev–Trinajstić information content (AvgIpc) is 2.48. The molecule has 0 spiro atoms. The summed E-state index contributed by atoms with van der Waals surface area (Å²) < 4.78 is 17.7. The van der Waals surface area contributed by atoms with Gasteiger partial charge in [-0.15, -0.1) is 0 Å². The van der Waals surface area contributed by atoms with Gasteiger partial charge in [-0.05, 0) is 36.3 Å². The second-order valence-electron chi connectivity index (χ2n) is 11.3. The monoisotopic (exact) mass is 434 g/mol. The molecular weight excluding hydrogens is 392 g/mol. The molecule has 0 radical (unpaired) electrons. The Kier molecular flexibility index (Phi) is 7.47. The first-order valence-electron chi connectivity index (χ1n) is 10.1. The molecule has 0 bridgehead atoms. The number of hydrogen-bond donors (Lipinski definition) is 2. The van der Waals surface area contributed by atoms with Crippen molar-refractivity contribution < 1.29 is 28.6 Å². The lowest BCUT2D eigenvalue weighted by molar-refractivity contribution is -0.186. The van der Waals surface area contributed by atoms with Gasteiger partial charge in [0.15, 0.2) is 22.2 Å². The summed E-state index contributed by atoms with van der Waals surface area (Å²) in [4.78, 5) is 12.4. The Morgan fingerprint density at radius 3 is 1.46 bits per heavy atom. The minimum Gasteiger partial charge on any atom is -0.467 e. The highest BCUT2D eigenvalue weighted by molar-refractivity contribution is 6.74. The van der Waals surface area contributed by atoms with Gasteiger partial charge in [0.1, 0.15) is 6.10 Å². The van der Waals surface area contributed by atoms with Crippen LogP contribution in [0.15, 0.2) is 0 Å². The molecule has 2 unspecified atom stereocenters. The van der Waals surface area contributed by atoms with Crippen molar-refractivity contribution in [1.82, 2.24) is 0 Å². The van der Waals surface area contributed by atoms with E-state index in [-0.39, 0.29) is 22.9 Å². The highest BCUT2D eigenvalue weighted by Crippen LogP contribution is 2.44. The predicted molar refractivity (Wildman–Crippen MR) is 116 cm³/mol. The van der Waals surface area contributed by atoms with Gasteiger partial charge in [0.25, 0.3) is 0 Å². The van der Waals surface area contributed by atoms with E-state index in [0.29, 0.717) is 0 Å². The van der Waals surface area contributed by atoms with Crippen molar-refractivity contribution in [2.45, 2.75) is 115 Å². The Morgan fingerprint density at radius 1 is 0.893 bits per heavy atom. The van der Waals surface area contributed by atoms with Gasteiger partial charge in [0, 0.05) is 12.8 Å². The van der Waals surface area contributed by atoms with E-state index < -0.39 is 46.5 Å². The normalized spacial score (nSPS) is 30.2. The third kappa shape index (κ3) is 5.46. The van der Waals surface area contributed by atoms with Crippen LogP contribution >= 0.6 is 0 Å². The second-order valence-corrected chi connectivity index (χ2v) is 20.8. The lowest BCUT2D eigenvalue weighted by Gasteiger charge is -2.49. The van der Waals surface area contributed by atoms with Crippen molar-refractivity contribution in [2.75, 3.05) is 7.11 Å². The van der Waals surface area contributed by atoms with E-state index in [1.165, 1.54) is 7.11 Å². The maximum Gasteiger partial charge on any atom is 0.338 e. The maximum atomic E-state index is 12.4. The van der Waals surface area contributed by atoms with E-state index in [4.69, 9.17) is 13.6 Å². The summed E-state index contributed by atoms with van der Waals surface area (Å²) in [6.07, 6.45) is -2.27. The quantitative estimate of drug-likeness (QED) is 0.505. The summed E-state index contributed by atoms with van der Waals surface area (Å²) in [6, 6.07) is 0. The summed E-state index contributed by atoms with van der Waals surface area (Å²) in [5, 5.41) is 22.1. The van der Waals surface area contributed by atoms with E-state index in [9.17, 15) is 15.0 Å². The molecule has 1 rings (SSSR count). The standard InChI is InChI=1S/C20H42O6Si2/c1-18(2,3)27(8,9)25-14-12-20(23,17(22)24-7)13-15(16(14)21)26-28(10,11)19(4,5)6/h14-16,21,23H,12-13H2,1-11H3/t14-,15+,16?,20?. The number of carbonyl (C=O) groups is 1. The van der Waals surface area contributed by atoms with Gasteiger partial charge < -0.3 is 23.8 Å². The Labute approximate surface area is 173 Å². The lowest BCUT2D eigenvalue weighted by Crippen LogP contribution is -2.62. The number of aliphatic hydroxyl groups is 2. The second kappa shape index (κ2) is 8.11. The van der Waals surface area contributed by atoms with E-state index in [0.717, 1.165) is 0 Å². The fourth-order valence-corrected chi connectivity index (χ4v) is 5.59. The number of ether oxygens (including phenoxy) is 1. The van der Waals surface area contributed by atoms with Crippen LogP contribution in [-0.4, -0.2) is 63.8 Å². The van der Waals surface area contributed by atoms with Crippen LogP contribution in [0, 0.1) is 0 Å². The van der Waals surface area contributed by atoms with Crippen LogP contribution in [0.3, 0.4) is 0 Å². The molecule has 166 valence electrons. The Balaban J connectivity index is 3.25. The van der Waals surface area contributed by atoms with Crippen LogP contribution < -0.4 is 0 Å². The molecule has 1 fully saturated rings. The molecule has 1 saturated carbocycles. The first kappa shape index (κ1) is 25.8. The number of esters is 1. The predicted octanol–water partition coefficient (Wildman–Crippen LogP) is 3.83. The highest BCUT2D eigenvalue weighted by atomic mass is 28.4. The Hall–Kier alpha value is -0.256. The third-order valence-corrected chi connectivity index (χ3v) is 15.9. The minimum atomic E-state index is -2.23. The summed E-state index contributed by atoms with van der Waals surface area (Å²) >= 11 is 0. The summed E-state index contributed by atoms with van der Waals surface area (Å²) in [5.41, 5.74) is -1.73. The summed E-state index contributed by atoms with van der Waals surface area (Å²) in [5.74, 6) is -0.702. The topological polar surface area (TPSA) is 85.2 Å².